The summed E-state index contributed by atoms with van der Waals surface area (Å²) in [6, 6.07) is 0. The Kier molecular flexibility index (Phi) is 4.22. The molecule has 0 spiro atoms. The molecule has 0 atom stereocenters. The lowest BCUT2D eigenvalue weighted by molar-refractivity contribution is 0.179. The summed E-state index contributed by atoms with van der Waals surface area (Å²) in [6.45, 7) is 3.71. The van der Waals surface area contributed by atoms with Gasteiger partial charge in [-0.2, -0.15) is 0 Å². The lowest BCUT2D eigenvalue weighted by Gasteiger charge is -2.37. The zero-order valence-corrected chi connectivity index (χ0v) is 7.52. The van der Waals surface area contributed by atoms with E-state index in [9.17, 15) is 0 Å². The van der Waals surface area contributed by atoms with Gasteiger partial charge in [0.1, 0.15) is 0 Å². The maximum Gasteiger partial charge on any atom is 0.0445 e. The van der Waals surface area contributed by atoms with E-state index in [0.29, 0.717) is 11.9 Å². The topological polar surface area (TPSA) is 49.5 Å². The molecular weight excluding hydrogens is 160 g/mol. The molecule has 66 valence electrons. The highest BCUT2D eigenvalue weighted by Crippen LogP contribution is 2.17. The van der Waals surface area contributed by atoms with Gasteiger partial charge in [-0.3, -0.25) is 5.14 Å². The fraction of sp³-hybridized carbons (Fsp3) is 1.00. The van der Waals surface area contributed by atoms with E-state index >= 15 is 0 Å². The molecule has 3 N–H and O–H groups in total. The summed E-state index contributed by atoms with van der Waals surface area (Å²) < 4.78 is 0. The van der Waals surface area contributed by atoms with Crippen LogP contribution in [0.2, 0.25) is 0 Å². The van der Waals surface area contributed by atoms with E-state index in [-0.39, 0.29) is 0 Å². The van der Waals surface area contributed by atoms with Gasteiger partial charge in [-0.15, -0.1) is 0 Å². The predicted octanol–water partition coefficient (Wildman–Crippen LogP) is 0.0500. The predicted molar refractivity (Wildman–Crippen MR) is 48.3 cm³/mol. The molecule has 0 aliphatic carbocycles. The van der Waals surface area contributed by atoms with Crippen LogP contribution in [0.5, 0.6) is 0 Å². The van der Waals surface area contributed by atoms with Crippen molar-refractivity contribution >= 4 is 11.9 Å². The summed E-state index contributed by atoms with van der Waals surface area (Å²) in [5, 5.41) is 14.6. The fourth-order valence-electron chi connectivity index (χ4n) is 1.24. The summed E-state index contributed by atoms with van der Waals surface area (Å²) in [6.07, 6.45) is 2.04. The summed E-state index contributed by atoms with van der Waals surface area (Å²) >= 11 is 1.46. The third kappa shape index (κ3) is 2.99. The van der Waals surface area contributed by atoms with Crippen LogP contribution in [0.25, 0.3) is 0 Å². The lowest BCUT2D eigenvalue weighted by Crippen LogP contribution is -2.49. The molecule has 0 bridgehead atoms. The van der Waals surface area contributed by atoms with Gasteiger partial charge in [-0.25, -0.2) is 0 Å². The molecule has 0 radical (unpaired) electrons. The molecule has 0 amide bonds. The minimum Gasteiger partial charge on any atom is -0.396 e. The standard InChI is InChI=1S/C7H16N2OS/c8-11-7-5-9(6-7)3-1-2-4-10/h7,10H,1-6,8H2. The van der Waals surface area contributed by atoms with Crippen LogP contribution in [0.1, 0.15) is 12.8 Å². The number of hydrogen-bond acceptors (Lipinski definition) is 4. The Morgan fingerprint density at radius 2 is 2.18 bits per heavy atom. The van der Waals surface area contributed by atoms with Gasteiger partial charge < -0.3 is 10.0 Å². The Balaban J connectivity index is 1.88. The SMILES string of the molecule is NSC1CN(CCCCO)C1. The van der Waals surface area contributed by atoms with Crippen molar-refractivity contribution in [2.75, 3.05) is 26.2 Å². The molecule has 0 aromatic rings. The minimum absolute atomic E-state index is 0.322. The van der Waals surface area contributed by atoms with Crippen LogP contribution in [0.4, 0.5) is 0 Å². The van der Waals surface area contributed by atoms with E-state index in [1.807, 2.05) is 0 Å². The molecule has 1 aliphatic rings. The number of rotatable bonds is 5. The quantitative estimate of drug-likeness (QED) is 0.459. The third-order valence-corrected chi connectivity index (χ3v) is 2.68. The largest absolute Gasteiger partial charge is 0.396 e. The second-order valence-electron chi connectivity index (χ2n) is 2.95. The van der Waals surface area contributed by atoms with Crippen LogP contribution < -0.4 is 5.14 Å². The molecule has 4 heteroatoms. The van der Waals surface area contributed by atoms with E-state index in [0.717, 1.165) is 32.5 Å². The van der Waals surface area contributed by atoms with Crippen molar-refractivity contribution in [2.45, 2.75) is 18.1 Å². The normalized spacial score (nSPS) is 20.2. The van der Waals surface area contributed by atoms with Gasteiger partial charge in [0, 0.05) is 24.9 Å². The van der Waals surface area contributed by atoms with Gasteiger partial charge in [-0.05, 0) is 19.4 Å². The van der Waals surface area contributed by atoms with Crippen molar-refractivity contribution in [1.82, 2.24) is 4.90 Å². The molecule has 1 aliphatic heterocycles. The highest BCUT2D eigenvalue weighted by atomic mass is 32.2. The van der Waals surface area contributed by atoms with Crippen LogP contribution in [-0.2, 0) is 0 Å². The molecule has 0 aromatic heterocycles. The molecule has 11 heavy (non-hydrogen) atoms. The number of aliphatic hydroxyl groups excluding tert-OH is 1. The summed E-state index contributed by atoms with van der Waals surface area (Å²) in [5.74, 6) is 0. The van der Waals surface area contributed by atoms with Crippen LogP contribution in [0.3, 0.4) is 0 Å². The van der Waals surface area contributed by atoms with Gasteiger partial charge in [0.25, 0.3) is 0 Å². The highest BCUT2D eigenvalue weighted by Gasteiger charge is 2.24. The first-order valence-electron chi connectivity index (χ1n) is 4.05. The van der Waals surface area contributed by atoms with Crippen molar-refractivity contribution in [2.24, 2.45) is 5.14 Å². The Morgan fingerprint density at radius 3 is 2.73 bits per heavy atom. The van der Waals surface area contributed by atoms with E-state index in [4.69, 9.17) is 10.2 Å². The number of unbranched alkanes of at least 4 members (excludes halogenated alkanes) is 1. The number of nitrogens with zero attached hydrogens (tertiary/aromatic N) is 1. The molecule has 1 saturated heterocycles. The monoisotopic (exact) mass is 176 g/mol. The highest BCUT2D eigenvalue weighted by molar-refractivity contribution is 7.97. The van der Waals surface area contributed by atoms with Crippen molar-refractivity contribution in [3.8, 4) is 0 Å². The Hall–Kier alpha value is 0.230. The molecule has 1 heterocycles. The molecule has 1 rings (SSSR count). The zero-order chi connectivity index (χ0) is 8.10. The van der Waals surface area contributed by atoms with Crippen molar-refractivity contribution < 1.29 is 5.11 Å². The molecule has 1 fully saturated rings. The van der Waals surface area contributed by atoms with Crippen LogP contribution in [-0.4, -0.2) is 41.5 Å². The van der Waals surface area contributed by atoms with E-state index in [2.05, 4.69) is 4.90 Å². The first-order chi connectivity index (χ1) is 5.36. The number of hydrogen-bond donors (Lipinski definition) is 2. The molecule has 0 saturated carbocycles. The fourth-order valence-corrected chi connectivity index (χ4v) is 1.83. The van der Waals surface area contributed by atoms with E-state index < -0.39 is 0 Å². The summed E-state index contributed by atoms with van der Waals surface area (Å²) in [7, 11) is 0. The number of likely N-dealkylation sites (tertiary alicyclic amines) is 1. The number of nitrogens with two attached hydrogens (primary N) is 1. The Labute approximate surface area is 72.1 Å². The first-order valence-corrected chi connectivity index (χ1v) is 5.00. The van der Waals surface area contributed by atoms with Crippen LogP contribution >= 0.6 is 11.9 Å². The first kappa shape index (κ1) is 9.32. The van der Waals surface area contributed by atoms with Gasteiger partial charge in [0.15, 0.2) is 0 Å². The Morgan fingerprint density at radius 1 is 1.45 bits per heavy atom. The van der Waals surface area contributed by atoms with Crippen molar-refractivity contribution in [3.05, 3.63) is 0 Å². The van der Waals surface area contributed by atoms with Crippen molar-refractivity contribution in [1.29, 1.82) is 0 Å². The minimum atomic E-state index is 0.322. The smallest absolute Gasteiger partial charge is 0.0445 e. The summed E-state index contributed by atoms with van der Waals surface area (Å²) in [5.41, 5.74) is 0. The lowest BCUT2D eigenvalue weighted by atomic mass is 10.2. The third-order valence-electron chi connectivity index (χ3n) is 2.00. The van der Waals surface area contributed by atoms with Crippen molar-refractivity contribution in [3.63, 3.8) is 0 Å². The molecule has 0 unspecified atom stereocenters. The maximum absolute atomic E-state index is 8.53. The van der Waals surface area contributed by atoms with Gasteiger partial charge >= 0.3 is 0 Å². The van der Waals surface area contributed by atoms with E-state index in [1.165, 1.54) is 11.9 Å². The van der Waals surface area contributed by atoms with Crippen LogP contribution in [0, 0.1) is 0 Å². The Bertz CT molecular complexity index is 107. The second-order valence-corrected chi connectivity index (χ2v) is 3.89. The second kappa shape index (κ2) is 4.98. The molecule has 3 nitrogen and oxygen atoms in total. The average molecular weight is 176 g/mol. The van der Waals surface area contributed by atoms with Gasteiger partial charge in [0.2, 0.25) is 0 Å². The average Bonchev–Trinajstić information content (AvgIpc) is 1.94. The van der Waals surface area contributed by atoms with E-state index in [1.54, 1.807) is 0 Å². The summed E-state index contributed by atoms with van der Waals surface area (Å²) in [4.78, 5) is 2.38. The maximum atomic E-state index is 8.53. The number of aliphatic hydroxyl groups is 1. The van der Waals surface area contributed by atoms with Crippen LogP contribution in [0.15, 0.2) is 0 Å². The zero-order valence-electron chi connectivity index (χ0n) is 6.70. The molecule has 0 aromatic carbocycles. The van der Waals surface area contributed by atoms with Gasteiger partial charge in [-0.1, -0.05) is 11.9 Å². The van der Waals surface area contributed by atoms with Gasteiger partial charge in [0.05, 0.1) is 0 Å². The molecular formula is C7H16N2OS.